The van der Waals surface area contributed by atoms with Gasteiger partial charge >= 0.3 is 0 Å². The second-order valence-electron chi connectivity index (χ2n) is 1.85. The second kappa shape index (κ2) is 8.50. The largest absolute Gasteiger partial charge is 0.353 e. The molecule has 3 heteroatoms. The van der Waals surface area contributed by atoms with Crippen LogP contribution in [0.5, 0.6) is 0 Å². The van der Waals surface area contributed by atoms with Crippen molar-refractivity contribution in [3.05, 3.63) is 12.7 Å². The Labute approximate surface area is 68.1 Å². The van der Waals surface area contributed by atoms with Gasteiger partial charge in [-0.05, 0) is 12.5 Å². The lowest BCUT2D eigenvalue weighted by Crippen LogP contribution is -2.21. The number of unbranched alkanes of at least 4 members (excludes halogenated alkanes) is 1. The van der Waals surface area contributed by atoms with E-state index in [1.807, 2.05) is 0 Å². The first-order chi connectivity index (χ1) is 4.31. The van der Waals surface area contributed by atoms with Gasteiger partial charge in [0.1, 0.15) is 0 Å². The molecule has 0 heterocycles. The van der Waals surface area contributed by atoms with E-state index >= 15 is 0 Å². The van der Waals surface area contributed by atoms with Gasteiger partial charge in [-0.3, -0.25) is 4.79 Å². The number of hydrogen-bond acceptors (Lipinski definition) is 1. The predicted molar refractivity (Wildman–Crippen MR) is 45.4 cm³/mol. The van der Waals surface area contributed by atoms with Crippen LogP contribution in [0.25, 0.3) is 0 Å². The van der Waals surface area contributed by atoms with Crippen LogP contribution in [0, 0.1) is 0 Å². The van der Waals surface area contributed by atoms with Gasteiger partial charge in [0.05, 0.1) is 0 Å². The summed E-state index contributed by atoms with van der Waals surface area (Å²) in [4.78, 5) is 10.5. The maximum atomic E-state index is 10.5. The summed E-state index contributed by atoms with van der Waals surface area (Å²) in [5.41, 5.74) is 0. The van der Waals surface area contributed by atoms with Gasteiger partial charge in [-0.2, -0.15) is 0 Å². The Kier molecular flexibility index (Phi) is 10.4. The molecular formula is C7H14ClNO. The molecule has 0 atom stereocenters. The van der Waals surface area contributed by atoms with Gasteiger partial charge in [0, 0.05) is 6.54 Å². The minimum atomic E-state index is -0.0801. The van der Waals surface area contributed by atoms with Crippen molar-refractivity contribution in [3.8, 4) is 0 Å². The Bertz CT molecular complexity index is 104. The van der Waals surface area contributed by atoms with Gasteiger partial charge in [0.2, 0.25) is 5.91 Å². The van der Waals surface area contributed by atoms with Gasteiger partial charge in [0.25, 0.3) is 0 Å². The van der Waals surface area contributed by atoms with Crippen molar-refractivity contribution in [1.29, 1.82) is 0 Å². The lowest BCUT2D eigenvalue weighted by atomic mass is 10.3. The van der Waals surface area contributed by atoms with Gasteiger partial charge in [-0.25, -0.2) is 0 Å². The van der Waals surface area contributed by atoms with Gasteiger partial charge in [0.15, 0.2) is 0 Å². The van der Waals surface area contributed by atoms with Crippen LogP contribution >= 0.6 is 12.4 Å². The first kappa shape index (κ1) is 12.2. The molecule has 0 saturated heterocycles. The van der Waals surface area contributed by atoms with E-state index in [1.54, 1.807) is 0 Å². The quantitative estimate of drug-likeness (QED) is 0.494. The molecule has 0 bridgehead atoms. The molecular weight excluding hydrogens is 150 g/mol. The first-order valence-electron chi connectivity index (χ1n) is 3.21. The van der Waals surface area contributed by atoms with E-state index in [1.165, 1.54) is 6.08 Å². The molecule has 0 radical (unpaired) electrons. The van der Waals surface area contributed by atoms with E-state index in [4.69, 9.17) is 0 Å². The van der Waals surface area contributed by atoms with Gasteiger partial charge in [-0.15, -0.1) is 12.4 Å². The highest BCUT2D eigenvalue weighted by atomic mass is 35.5. The van der Waals surface area contributed by atoms with Crippen LogP contribution in [0.1, 0.15) is 19.8 Å². The molecule has 0 aliphatic rings. The minimum Gasteiger partial charge on any atom is -0.353 e. The van der Waals surface area contributed by atoms with Gasteiger partial charge in [-0.1, -0.05) is 19.9 Å². The third-order valence-corrected chi connectivity index (χ3v) is 1.01. The third kappa shape index (κ3) is 7.50. The Balaban J connectivity index is 0. The van der Waals surface area contributed by atoms with Crippen LogP contribution in [0.3, 0.4) is 0 Å². The molecule has 0 saturated carbocycles. The zero-order valence-electron chi connectivity index (χ0n) is 6.22. The zero-order valence-corrected chi connectivity index (χ0v) is 7.04. The van der Waals surface area contributed by atoms with Crippen molar-refractivity contribution in [2.45, 2.75) is 19.8 Å². The van der Waals surface area contributed by atoms with Crippen molar-refractivity contribution < 1.29 is 4.79 Å². The Morgan fingerprint density at radius 1 is 1.70 bits per heavy atom. The number of hydrogen-bond donors (Lipinski definition) is 1. The molecule has 10 heavy (non-hydrogen) atoms. The topological polar surface area (TPSA) is 29.1 Å². The van der Waals surface area contributed by atoms with E-state index in [0.29, 0.717) is 0 Å². The molecule has 2 nitrogen and oxygen atoms in total. The highest BCUT2D eigenvalue weighted by molar-refractivity contribution is 5.86. The summed E-state index contributed by atoms with van der Waals surface area (Å²) in [6.07, 6.45) is 3.44. The van der Waals surface area contributed by atoms with E-state index in [-0.39, 0.29) is 18.3 Å². The molecule has 0 aromatic carbocycles. The smallest absolute Gasteiger partial charge is 0.243 e. The summed E-state index contributed by atoms with van der Waals surface area (Å²) in [5.74, 6) is -0.0801. The lowest BCUT2D eigenvalue weighted by Gasteiger charge is -1.97. The molecule has 0 aromatic heterocycles. The summed E-state index contributed by atoms with van der Waals surface area (Å²) in [6, 6.07) is 0. The molecule has 0 unspecified atom stereocenters. The molecule has 0 fully saturated rings. The number of halogens is 1. The Hall–Kier alpha value is -0.500. The fraction of sp³-hybridized carbons (Fsp3) is 0.571. The first-order valence-corrected chi connectivity index (χ1v) is 3.21. The fourth-order valence-electron chi connectivity index (χ4n) is 0.461. The summed E-state index contributed by atoms with van der Waals surface area (Å²) < 4.78 is 0. The minimum absolute atomic E-state index is 0. The maximum Gasteiger partial charge on any atom is 0.243 e. The fourth-order valence-corrected chi connectivity index (χ4v) is 0.461. The average Bonchev–Trinajstić information content (AvgIpc) is 1.89. The number of carbonyl (C=O) groups is 1. The van der Waals surface area contributed by atoms with Crippen LogP contribution in [0.4, 0.5) is 0 Å². The normalized spacial score (nSPS) is 7.70. The number of carbonyl (C=O) groups excluding carboxylic acids is 1. The Morgan fingerprint density at radius 3 is 2.70 bits per heavy atom. The SMILES string of the molecule is C=CC(=O)NCCCC.Cl. The van der Waals surface area contributed by atoms with E-state index in [0.717, 1.165) is 19.4 Å². The van der Waals surface area contributed by atoms with E-state index in [2.05, 4.69) is 18.8 Å². The van der Waals surface area contributed by atoms with Crippen LogP contribution in [-0.2, 0) is 4.79 Å². The molecule has 1 amide bonds. The van der Waals surface area contributed by atoms with Crippen LogP contribution in [0.2, 0.25) is 0 Å². The van der Waals surface area contributed by atoms with Crippen LogP contribution < -0.4 is 5.32 Å². The average molecular weight is 164 g/mol. The van der Waals surface area contributed by atoms with Gasteiger partial charge < -0.3 is 5.32 Å². The maximum absolute atomic E-state index is 10.5. The van der Waals surface area contributed by atoms with Crippen molar-refractivity contribution in [2.75, 3.05) is 6.54 Å². The molecule has 1 N–H and O–H groups in total. The monoisotopic (exact) mass is 163 g/mol. The predicted octanol–water partition coefficient (Wildman–Crippen LogP) is 1.51. The standard InChI is InChI=1S/C7H13NO.ClH/c1-3-5-6-8-7(9)4-2;/h4H,2-3,5-6H2,1H3,(H,8,9);1H. The summed E-state index contributed by atoms with van der Waals surface area (Å²) >= 11 is 0. The molecule has 0 aliphatic heterocycles. The second-order valence-corrected chi connectivity index (χ2v) is 1.85. The molecule has 0 aromatic rings. The van der Waals surface area contributed by atoms with E-state index in [9.17, 15) is 4.79 Å². The number of rotatable bonds is 4. The van der Waals surface area contributed by atoms with Crippen molar-refractivity contribution >= 4 is 18.3 Å². The highest BCUT2D eigenvalue weighted by Crippen LogP contribution is 1.81. The molecule has 60 valence electrons. The Morgan fingerprint density at radius 2 is 2.30 bits per heavy atom. The van der Waals surface area contributed by atoms with E-state index < -0.39 is 0 Å². The zero-order chi connectivity index (χ0) is 7.11. The summed E-state index contributed by atoms with van der Waals surface area (Å²) in [5, 5.41) is 2.68. The molecule has 0 spiro atoms. The van der Waals surface area contributed by atoms with Crippen molar-refractivity contribution in [3.63, 3.8) is 0 Å². The molecule has 0 aliphatic carbocycles. The third-order valence-electron chi connectivity index (χ3n) is 1.01. The number of amides is 1. The number of nitrogens with one attached hydrogen (secondary N) is 1. The summed E-state index contributed by atoms with van der Waals surface area (Å²) in [6.45, 7) is 6.18. The van der Waals surface area contributed by atoms with Crippen molar-refractivity contribution in [2.24, 2.45) is 0 Å². The summed E-state index contributed by atoms with van der Waals surface area (Å²) in [7, 11) is 0. The van der Waals surface area contributed by atoms with Crippen molar-refractivity contribution in [1.82, 2.24) is 5.32 Å². The lowest BCUT2D eigenvalue weighted by molar-refractivity contribution is -0.116. The molecule has 0 rings (SSSR count). The van der Waals surface area contributed by atoms with Crippen LogP contribution in [-0.4, -0.2) is 12.5 Å². The van der Waals surface area contributed by atoms with Crippen LogP contribution in [0.15, 0.2) is 12.7 Å². The highest BCUT2D eigenvalue weighted by Gasteiger charge is 1.88.